The number of aliphatic carboxylic acids is 1. The summed E-state index contributed by atoms with van der Waals surface area (Å²) in [6.07, 6.45) is 6.16. The van der Waals surface area contributed by atoms with Gasteiger partial charge in [0.05, 0.1) is 17.3 Å². The number of nitrogens with zero attached hydrogens (tertiary/aromatic N) is 2. The van der Waals surface area contributed by atoms with E-state index in [1.54, 1.807) is 29.9 Å². The van der Waals surface area contributed by atoms with Crippen LogP contribution in [0.25, 0.3) is 34.5 Å². The Morgan fingerprint density at radius 1 is 1.00 bits per heavy atom. The lowest BCUT2D eigenvalue weighted by Crippen LogP contribution is -2.23. The third-order valence-corrected chi connectivity index (χ3v) is 6.48. The number of imidazole rings is 1. The Labute approximate surface area is 236 Å². The van der Waals surface area contributed by atoms with Gasteiger partial charge < -0.3 is 19.7 Å². The first kappa shape index (κ1) is 28.0. The molecule has 0 atom stereocenters. The summed E-state index contributed by atoms with van der Waals surface area (Å²) >= 11 is 12.4. The quantitative estimate of drug-likeness (QED) is 0.198. The fraction of sp³-hybridized carbons (Fsp3) is 0.167. The smallest absolute Gasteiger partial charge is 0.303 e. The highest BCUT2D eigenvalue weighted by molar-refractivity contribution is 6.36. The molecular formula is C30H27Cl2N3O4. The van der Waals surface area contributed by atoms with E-state index in [4.69, 9.17) is 38.0 Å². The van der Waals surface area contributed by atoms with Crippen LogP contribution in [0.5, 0.6) is 5.75 Å². The second-order valence-corrected chi connectivity index (χ2v) is 9.58. The molecule has 7 nitrogen and oxygen atoms in total. The third kappa shape index (κ3) is 7.72. The molecule has 3 aromatic carbocycles. The van der Waals surface area contributed by atoms with E-state index in [1.807, 2.05) is 66.7 Å². The van der Waals surface area contributed by atoms with Gasteiger partial charge in [-0.15, -0.1) is 0 Å². The molecule has 0 unspecified atom stereocenters. The van der Waals surface area contributed by atoms with Crippen LogP contribution in [-0.4, -0.2) is 40.2 Å². The molecule has 0 fully saturated rings. The standard InChI is InChI=1S/C30H27Cl2N3O4/c1-33-29(36)19-35-18-27(25-14-11-23(31)17-26(25)32)34-28(35)15-6-20-4-7-21(8-5-20)22-9-12-24(13-10-22)39-16-2-3-30(37)38/h4-15,17-18H,2-3,16,19H2,1H3,(H,33,36)(H,37,38)/b15-6+. The molecule has 1 aromatic heterocycles. The van der Waals surface area contributed by atoms with Crippen LogP contribution in [0.2, 0.25) is 10.0 Å². The summed E-state index contributed by atoms with van der Waals surface area (Å²) < 4.78 is 7.38. The number of ether oxygens (including phenoxy) is 1. The number of hydrogen-bond donors (Lipinski definition) is 2. The summed E-state index contributed by atoms with van der Waals surface area (Å²) in [5, 5.41) is 12.4. The monoisotopic (exact) mass is 563 g/mol. The zero-order chi connectivity index (χ0) is 27.8. The van der Waals surface area contributed by atoms with E-state index in [1.165, 1.54) is 0 Å². The Morgan fingerprint density at radius 2 is 1.69 bits per heavy atom. The Balaban J connectivity index is 1.48. The second-order valence-electron chi connectivity index (χ2n) is 8.74. The number of rotatable bonds is 11. The van der Waals surface area contributed by atoms with Crippen LogP contribution in [0.1, 0.15) is 24.2 Å². The van der Waals surface area contributed by atoms with Gasteiger partial charge in [0.25, 0.3) is 0 Å². The molecule has 39 heavy (non-hydrogen) atoms. The van der Waals surface area contributed by atoms with Gasteiger partial charge in [-0.1, -0.05) is 65.7 Å². The zero-order valence-corrected chi connectivity index (χ0v) is 22.7. The fourth-order valence-electron chi connectivity index (χ4n) is 3.87. The van der Waals surface area contributed by atoms with Gasteiger partial charge in [-0.2, -0.15) is 0 Å². The molecule has 4 aromatic rings. The van der Waals surface area contributed by atoms with Crippen LogP contribution in [0.15, 0.2) is 72.9 Å². The maximum Gasteiger partial charge on any atom is 0.303 e. The lowest BCUT2D eigenvalue weighted by Gasteiger charge is -2.07. The molecule has 0 bridgehead atoms. The van der Waals surface area contributed by atoms with Crippen molar-refractivity contribution >= 4 is 47.2 Å². The van der Waals surface area contributed by atoms with Gasteiger partial charge in [0.15, 0.2) is 0 Å². The highest BCUT2D eigenvalue weighted by atomic mass is 35.5. The Morgan fingerprint density at radius 3 is 2.33 bits per heavy atom. The van der Waals surface area contributed by atoms with E-state index >= 15 is 0 Å². The number of likely N-dealkylation sites (N-methyl/N-ethyl adjacent to an activating group) is 1. The number of amides is 1. The number of benzene rings is 3. The lowest BCUT2D eigenvalue weighted by atomic mass is 10.0. The number of carbonyl (C=O) groups excluding carboxylic acids is 1. The summed E-state index contributed by atoms with van der Waals surface area (Å²) in [6.45, 7) is 0.481. The molecule has 2 N–H and O–H groups in total. The fourth-order valence-corrected chi connectivity index (χ4v) is 4.37. The third-order valence-electron chi connectivity index (χ3n) is 5.93. The Hall–Kier alpha value is -4.07. The molecule has 4 rings (SSSR count). The van der Waals surface area contributed by atoms with Gasteiger partial charge in [0.2, 0.25) is 5.91 Å². The average molecular weight is 564 g/mol. The highest BCUT2D eigenvalue weighted by Crippen LogP contribution is 2.30. The van der Waals surface area contributed by atoms with E-state index in [-0.39, 0.29) is 18.9 Å². The molecule has 0 saturated carbocycles. The summed E-state index contributed by atoms with van der Waals surface area (Å²) in [5.74, 6) is 0.351. The average Bonchev–Trinajstić information content (AvgIpc) is 3.32. The molecule has 0 radical (unpaired) electrons. The predicted molar refractivity (Wildman–Crippen MR) is 155 cm³/mol. The summed E-state index contributed by atoms with van der Waals surface area (Å²) in [5.41, 5.74) is 4.43. The molecule has 0 aliphatic heterocycles. The second kappa shape index (κ2) is 13.1. The molecule has 0 aliphatic rings. The number of carboxylic acid groups (broad SMARTS) is 1. The topological polar surface area (TPSA) is 93.5 Å². The molecular weight excluding hydrogens is 537 g/mol. The van der Waals surface area contributed by atoms with Crippen LogP contribution in [0, 0.1) is 0 Å². The minimum atomic E-state index is -0.825. The van der Waals surface area contributed by atoms with Crippen LogP contribution in [-0.2, 0) is 16.1 Å². The van der Waals surface area contributed by atoms with Gasteiger partial charge >= 0.3 is 5.97 Å². The molecule has 9 heteroatoms. The highest BCUT2D eigenvalue weighted by Gasteiger charge is 2.13. The summed E-state index contributed by atoms with van der Waals surface area (Å²) in [7, 11) is 1.59. The van der Waals surface area contributed by atoms with Crippen LogP contribution >= 0.6 is 23.2 Å². The SMILES string of the molecule is CNC(=O)Cn1cc(-c2ccc(Cl)cc2Cl)nc1/C=C/c1ccc(-c2ccc(OCCCC(=O)O)cc2)cc1. The molecule has 0 aliphatic carbocycles. The van der Waals surface area contributed by atoms with Crippen LogP contribution in [0.3, 0.4) is 0 Å². The van der Waals surface area contributed by atoms with Crippen molar-refractivity contribution < 1.29 is 19.4 Å². The molecule has 0 saturated heterocycles. The molecule has 0 spiro atoms. The van der Waals surface area contributed by atoms with Gasteiger partial charge in [-0.25, -0.2) is 4.98 Å². The lowest BCUT2D eigenvalue weighted by molar-refractivity contribution is -0.137. The minimum absolute atomic E-state index is 0.0900. The zero-order valence-electron chi connectivity index (χ0n) is 21.2. The van der Waals surface area contributed by atoms with Crippen LogP contribution < -0.4 is 10.1 Å². The van der Waals surface area contributed by atoms with Gasteiger partial charge in [-0.3, -0.25) is 9.59 Å². The van der Waals surface area contributed by atoms with E-state index in [9.17, 15) is 9.59 Å². The van der Waals surface area contributed by atoms with E-state index in [0.717, 1.165) is 22.3 Å². The Kier molecular flexibility index (Phi) is 9.41. The first-order valence-electron chi connectivity index (χ1n) is 12.3. The number of aromatic nitrogens is 2. The maximum absolute atomic E-state index is 12.1. The summed E-state index contributed by atoms with van der Waals surface area (Å²) in [6, 6.07) is 21.0. The molecule has 1 heterocycles. The van der Waals surface area contributed by atoms with Gasteiger partial charge in [0.1, 0.15) is 18.1 Å². The van der Waals surface area contributed by atoms with Crippen molar-refractivity contribution in [1.29, 1.82) is 0 Å². The number of nitrogens with one attached hydrogen (secondary N) is 1. The van der Waals surface area contributed by atoms with Crippen molar-refractivity contribution in [1.82, 2.24) is 14.9 Å². The number of hydrogen-bond acceptors (Lipinski definition) is 4. The maximum atomic E-state index is 12.1. The van der Waals surface area contributed by atoms with Crippen molar-refractivity contribution in [2.45, 2.75) is 19.4 Å². The van der Waals surface area contributed by atoms with E-state index in [2.05, 4.69) is 5.32 Å². The molecule has 200 valence electrons. The summed E-state index contributed by atoms with van der Waals surface area (Å²) in [4.78, 5) is 27.4. The van der Waals surface area contributed by atoms with Crippen molar-refractivity contribution in [2.75, 3.05) is 13.7 Å². The molecule has 1 amide bonds. The van der Waals surface area contributed by atoms with Gasteiger partial charge in [-0.05, 0) is 59.5 Å². The predicted octanol–water partition coefficient (Wildman–Crippen LogP) is 6.68. The first-order chi connectivity index (χ1) is 18.8. The van der Waals surface area contributed by atoms with Crippen molar-refractivity contribution in [2.24, 2.45) is 0 Å². The first-order valence-corrected chi connectivity index (χ1v) is 13.0. The van der Waals surface area contributed by atoms with Crippen LogP contribution in [0.4, 0.5) is 0 Å². The van der Waals surface area contributed by atoms with E-state index in [0.29, 0.717) is 40.3 Å². The van der Waals surface area contributed by atoms with Crippen molar-refractivity contribution in [3.63, 3.8) is 0 Å². The minimum Gasteiger partial charge on any atom is -0.494 e. The van der Waals surface area contributed by atoms with Crippen molar-refractivity contribution in [3.05, 3.63) is 94.4 Å². The Bertz CT molecular complexity index is 1480. The number of halogens is 2. The number of carbonyl (C=O) groups is 2. The number of carboxylic acids is 1. The van der Waals surface area contributed by atoms with Gasteiger partial charge in [0, 0.05) is 30.3 Å². The largest absolute Gasteiger partial charge is 0.494 e. The normalized spacial score (nSPS) is 11.1. The van der Waals surface area contributed by atoms with E-state index < -0.39 is 5.97 Å². The van der Waals surface area contributed by atoms with Crippen molar-refractivity contribution in [3.8, 4) is 28.1 Å².